The lowest BCUT2D eigenvalue weighted by Gasteiger charge is -2.12. The van der Waals surface area contributed by atoms with Crippen molar-refractivity contribution in [2.75, 3.05) is 5.73 Å². The summed E-state index contributed by atoms with van der Waals surface area (Å²) in [5.74, 6) is 0.464. The van der Waals surface area contributed by atoms with Crippen molar-refractivity contribution in [3.63, 3.8) is 0 Å². The van der Waals surface area contributed by atoms with Crippen LogP contribution in [-0.2, 0) is 6.54 Å². The van der Waals surface area contributed by atoms with E-state index in [1.165, 1.54) is 0 Å². The summed E-state index contributed by atoms with van der Waals surface area (Å²) in [6, 6.07) is 3.56. The molecule has 2 N–H and O–H groups in total. The van der Waals surface area contributed by atoms with Gasteiger partial charge in [-0.1, -0.05) is 6.07 Å². The minimum atomic E-state index is -0.259. The zero-order chi connectivity index (χ0) is 13.3. The van der Waals surface area contributed by atoms with Gasteiger partial charge in [0.15, 0.2) is 0 Å². The molecule has 2 heterocycles. The second-order valence-electron chi connectivity index (χ2n) is 4.06. The van der Waals surface area contributed by atoms with Crippen LogP contribution in [0.3, 0.4) is 0 Å². The molecule has 18 heavy (non-hydrogen) atoms. The van der Waals surface area contributed by atoms with E-state index in [1.54, 1.807) is 23.8 Å². The highest BCUT2D eigenvalue weighted by atomic mass is 79.9. The fourth-order valence-electron chi connectivity index (χ4n) is 1.67. The fourth-order valence-corrected chi connectivity index (χ4v) is 1.98. The van der Waals surface area contributed by atoms with Crippen molar-refractivity contribution in [2.24, 2.45) is 0 Å². The maximum absolute atomic E-state index is 11.9. The quantitative estimate of drug-likeness (QED) is 0.915. The molecule has 5 nitrogen and oxygen atoms in total. The van der Waals surface area contributed by atoms with Crippen molar-refractivity contribution >= 4 is 21.7 Å². The SMILES string of the molecule is Cc1nc(=O)n(Cc2ccc(N)nc2)c(C)c1Br. The van der Waals surface area contributed by atoms with Gasteiger partial charge >= 0.3 is 5.69 Å². The first-order chi connectivity index (χ1) is 8.49. The van der Waals surface area contributed by atoms with E-state index in [4.69, 9.17) is 5.73 Å². The Balaban J connectivity index is 2.44. The number of halogens is 1. The summed E-state index contributed by atoms with van der Waals surface area (Å²) in [6.45, 7) is 4.11. The molecule has 0 aliphatic carbocycles. The van der Waals surface area contributed by atoms with Gasteiger partial charge in [-0.05, 0) is 41.4 Å². The predicted molar refractivity (Wildman–Crippen MR) is 73.4 cm³/mol. The molecule has 0 fully saturated rings. The van der Waals surface area contributed by atoms with Crippen molar-refractivity contribution in [3.05, 3.63) is 50.2 Å². The average molecular weight is 309 g/mol. The molecule has 0 bridgehead atoms. The van der Waals surface area contributed by atoms with Gasteiger partial charge in [-0.25, -0.2) is 9.78 Å². The molecule has 0 aromatic carbocycles. The largest absolute Gasteiger partial charge is 0.384 e. The second-order valence-corrected chi connectivity index (χ2v) is 4.85. The van der Waals surface area contributed by atoms with Crippen molar-refractivity contribution in [1.82, 2.24) is 14.5 Å². The molecule has 0 atom stereocenters. The Morgan fingerprint density at radius 2 is 2.11 bits per heavy atom. The van der Waals surface area contributed by atoms with Gasteiger partial charge in [0.25, 0.3) is 0 Å². The molecule has 94 valence electrons. The number of rotatable bonds is 2. The summed E-state index contributed by atoms with van der Waals surface area (Å²) in [5, 5.41) is 0. The van der Waals surface area contributed by atoms with E-state index in [9.17, 15) is 4.79 Å². The Morgan fingerprint density at radius 1 is 1.39 bits per heavy atom. The van der Waals surface area contributed by atoms with E-state index in [0.29, 0.717) is 18.1 Å². The van der Waals surface area contributed by atoms with Crippen molar-refractivity contribution in [1.29, 1.82) is 0 Å². The van der Waals surface area contributed by atoms with E-state index >= 15 is 0 Å². The molecular formula is C12H13BrN4O. The molecule has 0 radical (unpaired) electrons. The molecule has 0 aliphatic rings. The number of aryl methyl sites for hydroxylation is 1. The Kier molecular flexibility index (Phi) is 3.47. The monoisotopic (exact) mass is 308 g/mol. The van der Waals surface area contributed by atoms with Gasteiger partial charge in [-0.2, -0.15) is 4.98 Å². The van der Waals surface area contributed by atoms with Gasteiger partial charge < -0.3 is 5.73 Å². The third-order valence-corrected chi connectivity index (χ3v) is 3.87. The van der Waals surface area contributed by atoms with E-state index in [-0.39, 0.29) is 5.69 Å². The number of nitrogen functional groups attached to an aromatic ring is 1. The Hall–Kier alpha value is -1.69. The van der Waals surface area contributed by atoms with Crippen molar-refractivity contribution in [3.8, 4) is 0 Å². The van der Waals surface area contributed by atoms with Crippen LogP contribution in [0.5, 0.6) is 0 Å². The third kappa shape index (κ3) is 2.43. The fraction of sp³-hybridized carbons (Fsp3) is 0.250. The predicted octanol–water partition coefficient (Wildman–Crippen LogP) is 1.65. The molecule has 0 aliphatic heterocycles. The number of nitrogens with two attached hydrogens (primary N) is 1. The van der Waals surface area contributed by atoms with Crippen LogP contribution in [-0.4, -0.2) is 14.5 Å². The zero-order valence-corrected chi connectivity index (χ0v) is 11.7. The van der Waals surface area contributed by atoms with E-state index in [1.807, 2.05) is 13.0 Å². The molecule has 0 saturated carbocycles. The van der Waals surface area contributed by atoms with Crippen LogP contribution in [0, 0.1) is 13.8 Å². The average Bonchev–Trinajstić information content (AvgIpc) is 2.34. The first-order valence-electron chi connectivity index (χ1n) is 5.43. The first-order valence-corrected chi connectivity index (χ1v) is 6.22. The van der Waals surface area contributed by atoms with E-state index in [0.717, 1.165) is 15.7 Å². The van der Waals surface area contributed by atoms with Crippen LogP contribution in [0.15, 0.2) is 27.6 Å². The highest BCUT2D eigenvalue weighted by Gasteiger charge is 2.09. The molecule has 2 aromatic rings. The highest BCUT2D eigenvalue weighted by Crippen LogP contribution is 2.17. The van der Waals surface area contributed by atoms with Crippen LogP contribution >= 0.6 is 15.9 Å². The Labute approximate surface area is 113 Å². The molecule has 6 heteroatoms. The van der Waals surface area contributed by atoms with E-state index in [2.05, 4.69) is 25.9 Å². The second kappa shape index (κ2) is 4.89. The standard InChI is InChI=1S/C12H13BrN4O/c1-7-11(13)8(2)17(12(18)16-7)6-9-3-4-10(14)15-5-9/h3-5H,6H2,1-2H3,(H2,14,15). The van der Waals surface area contributed by atoms with Crippen LogP contribution < -0.4 is 11.4 Å². The minimum absolute atomic E-state index is 0.259. The van der Waals surface area contributed by atoms with Crippen LogP contribution in [0.4, 0.5) is 5.82 Å². The molecular weight excluding hydrogens is 296 g/mol. The molecule has 0 saturated heterocycles. The first kappa shape index (κ1) is 12.8. The summed E-state index contributed by atoms with van der Waals surface area (Å²) < 4.78 is 2.45. The number of aromatic nitrogens is 3. The Bertz CT molecular complexity index is 634. The highest BCUT2D eigenvalue weighted by molar-refractivity contribution is 9.10. The number of pyridine rings is 1. The molecule has 2 aromatic heterocycles. The summed E-state index contributed by atoms with van der Waals surface area (Å²) >= 11 is 3.43. The number of hydrogen-bond acceptors (Lipinski definition) is 4. The van der Waals surface area contributed by atoms with Crippen molar-refractivity contribution < 1.29 is 0 Å². The molecule has 0 spiro atoms. The normalized spacial score (nSPS) is 10.6. The zero-order valence-electron chi connectivity index (χ0n) is 10.1. The smallest absolute Gasteiger partial charge is 0.348 e. The van der Waals surface area contributed by atoms with Gasteiger partial charge in [-0.15, -0.1) is 0 Å². The van der Waals surface area contributed by atoms with Gasteiger partial charge in [0.2, 0.25) is 0 Å². The number of nitrogens with zero attached hydrogens (tertiary/aromatic N) is 3. The number of hydrogen-bond donors (Lipinski definition) is 1. The maximum Gasteiger partial charge on any atom is 0.348 e. The summed E-state index contributed by atoms with van der Waals surface area (Å²) in [4.78, 5) is 19.8. The summed E-state index contributed by atoms with van der Waals surface area (Å²) in [5.41, 5.74) is 7.72. The van der Waals surface area contributed by atoms with Crippen LogP contribution in [0.25, 0.3) is 0 Å². The van der Waals surface area contributed by atoms with Gasteiger partial charge in [-0.3, -0.25) is 4.57 Å². The lowest BCUT2D eigenvalue weighted by Crippen LogP contribution is -2.27. The van der Waals surface area contributed by atoms with E-state index < -0.39 is 0 Å². The lowest BCUT2D eigenvalue weighted by molar-refractivity contribution is 0.687. The molecule has 2 rings (SSSR count). The third-order valence-electron chi connectivity index (χ3n) is 2.72. The summed E-state index contributed by atoms with van der Waals surface area (Å²) in [6.07, 6.45) is 1.66. The minimum Gasteiger partial charge on any atom is -0.384 e. The van der Waals surface area contributed by atoms with Crippen molar-refractivity contribution in [2.45, 2.75) is 20.4 Å². The topological polar surface area (TPSA) is 73.8 Å². The van der Waals surface area contributed by atoms with Crippen LogP contribution in [0.2, 0.25) is 0 Å². The number of anilines is 1. The lowest BCUT2D eigenvalue weighted by atomic mass is 10.2. The van der Waals surface area contributed by atoms with Gasteiger partial charge in [0.1, 0.15) is 5.82 Å². The molecule has 0 unspecified atom stereocenters. The Morgan fingerprint density at radius 3 is 2.72 bits per heavy atom. The molecule has 0 amide bonds. The van der Waals surface area contributed by atoms with Gasteiger partial charge in [0.05, 0.1) is 16.7 Å². The summed E-state index contributed by atoms with van der Waals surface area (Å²) in [7, 11) is 0. The maximum atomic E-state index is 11.9. The van der Waals surface area contributed by atoms with Crippen LogP contribution in [0.1, 0.15) is 17.0 Å². The van der Waals surface area contributed by atoms with Gasteiger partial charge in [0, 0.05) is 11.9 Å².